The summed E-state index contributed by atoms with van der Waals surface area (Å²) >= 11 is 0. The molecule has 1 N–H and O–H groups in total. The molecule has 16 heavy (non-hydrogen) atoms. The van der Waals surface area contributed by atoms with Crippen LogP contribution in [0.3, 0.4) is 0 Å². The van der Waals surface area contributed by atoms with Crippen LogP contribution in [0.25, 0.3) is 0 Å². The van der Waals surface area contributed by atoms with Gasteiger partial charge >= 0.3 is 0 Å². The van der Waals surface area contributed by atoms with E-state index in [1.807, 2.05) is 6.92 Å². The van der Waals surface area contributed by atoms with Gasteiger partial charge in [-0.3, -0.25) is 15.5 Å². The molecule has 86 valence electrons. The minimum Gasteiger partial charge on any atom is -0.279 e. The van der Waals surface area contributed by atoms with E-state index in [4.69, 9.17) is 0 Å². The first kappa shape index (κ1) is 12.2. The average Bonchev–Trinajstić information content (AvgIpc) is 2.26. The van der Waals surface area contributed by atoms with E-state index in [1.54, 1.807) is 12.1 Å². The molecule has 0 radical (unpaired) electrons. The van der Waals surface area contributed by atoms with E-state index in [1.165, 1.54) is 12.1 Å². The van der Waals surface area contributed by atoms with Crippen LogP contribution >= 0.6 is 0 Å². The number of nitro groups is 1. The highest BCUT2D eigenvalue weighted by Crippen LogP contribution is 2.15. The zero-order valence-corrected chi connectivity index (χ0v) is 9.60. The molecule has 0 aliphatic rings. The zero-order chi connectivity index (χ0) is 12.1. The molecule has 0 heterocycles. The van der Waals surface area contributed by atoms with Crippen LogP contribution in [0.5, 0.6) is 0 Å². The van der Waals surface area contributed by atoms with Crippen LogP contribution in [0.1, 0.15) is 20.8 Å². The molecule has 5 nitrogen and oxygen atoms in total. The molecule has 0 amide bonds. The van der Waals surface area contributed by atoms with E-state index in [0.717, 1.165) is 11.4 Å². The van der Waals surface area contributed by atoms with E-state index < -0.39 is 4.92 Å². The van der Waals surface area contributed by atoms with Crippen molar-refractivity contribution in [3.05, 3.63) is 34.4 Å². The number of anilines is 1. The number of nitro benzene ring substituents is 1. The highest BCUT2D eigenvalue weighted by atomic mass is 16.6. The van der Waals surface area contributed by atoms with Crippen LogP contribution in [0.2, 0.25) is 0 Å². The fourth-order valence-corrected chi connectivity index (χ4v) is 0.940. The largest absolute Gasteiger partial charge is 0.279 e. The van der Waals surface area contributed by atoms with Crippen LogP contribution < -0.4 is 5.43 Å². The molecular formula is C11H15N3O2. The molecule has 0 atom stereocenters. The van der Waals surface area contributed by atoms with E-state index in [-0.39, 0.29) is 5.69 Å². The fourth-order valence-electron chi connectivity index (χ4n) is 0.940. The van der Waals surface area contributed by atoms with Gasteiger partial charge in [0.25, 0.3) is 5.69 Å². The SMILES string of the molecule is C/C(=N\Nc1ccc([N+](=O)[O-])cc1)C(C)C. The molecule has 0 saturated heterocycles. The highest BCUT2D eigenvalue weighted by molar-refractivity contribution is 5.84. The first-order chi connectivity index (χ1) is 7.50. The Balaban J connectivity index is 2.69. The summed E-state index contributed by atoms with van der Waals surface area (Å²) in [7, 11) is 0. The summed E-state index contributed by atoms with van der Waals surface area (Å²) in [6, 6.07) is 6.16. The van der Waals surface area contributed by atoms with Gasteiger partial charge in [-0.1, -0.05) is 13.8 Å². The third-order valence-electron chi connectivity index (χ3n) is 2.28. The lowest BCUT2D eigenvalue weighted by Crippen LogP contribution is -2.04. The Morgan fingerprint density at radius 2 is 1.94 bits per heavy atom. The number of hydrazone groups is 1. The highest BCUT2D eigenvalue weighted by Gasteiger charge is 2.03. The molecule has 0 aromatic heterocycles. The molecule has 0 unspecified atom stereocenters. The van der Waals surface area contributed by atoms with Gasteiger partial charge in [0, 0.05) is 17.8 Å². The summed E-state index contributed by atoms with van der Waals surface area (Å²) in [5.41, 5.74) is 4.66. The third-order valence-corrected chi connectivity index (χ3v) is 2.28. The second-order valence-corrected chi connectivity index (χ2v) is 3.82. The second kappa shape index (κ2) is 5.25. The molecule has 5 heteroatoms. The minimum absolute atomic E-state index is 0.0788. The molecule has 0 aliphatic carbocycles. The molecule has 0 saturated carbocycles. The number of nitrogens with one attached hydrogen (secondary N) is 1. The van der Waals surface area contributed by atoms with Crippen molar-refractivity contribution in [3.8, 4) is 0 Å². The predicted octanol–water partition coefficient (Wildman–Crippen LogP) is 3.04. The smallest absolute Gasteiger partial charge is 0.269 e. The lowest BCUT2D eigenvalue weighted by atomic mass is 10.1. The summed E-state index contributed by atoms with van der Waals surface area (Å²) in [4.78, 5) is 10.0. The summed E-state index contributed by atoms with van der Waals surface area (Å²) in [5.74, 6) is 0.380. The van der Waals surface area contributed by atoms with Crippen LogP contribution in [-0.4, -0.2) is 10.6 Å². The van der Waals surface area contributed by atoms with Gasteiger partial charge in [0.05, 0.1) is 10.6 Å². The van der Waals surface area contributed by atoms with E-state index in [9.17, 15) is 10.1 Å². The lowest BCUT2D eigenvalue weighted by Gasteiger charge is -2.05. The molecule has 1 aromatic carbocycles. The zero-order valence-electron chi connectivity index (χ0n) is 9.60. The number of rotatable bonds is 4. The van der Waals surface area contributed by atoms with Gasteiger partial charge < -0.3 is 0 Å². The summed E-state index contributed by atoms with van der Waals surface area (Å²) < 4.78 is 0. The van der Waals surface area contributed by atoms with Crippen LogP contribution in [0.15, 0.2) is 29.4 Å². The van der Waals surface area contributed by atoms with Crippen molar-refractivity contribution in [1.82, 2.24) is 0 Å². The fraction of sp³-hybridized carbons (Fsp3) is 0.364. The monoisotopic (exact) mass is 221 g/mol. The summed E-state index contributed by atoms with van der Waals surface area (Å²) in [6.07, 6.45) is 0. The van der Waals surface area contributed by atoms with Crippen LogP contribution in [0, 0.1) is 16.0 Å². The van der Waals surface area contributed by atoms with Gasteiger partial charge in [-0.25, -0.2) is 0 Å². The third kappa shape index (κ3) is 3.34. The first-order valence-corrected chi connectivity index (χ1v) is 5.05. The van der Waals surface area contributed by atoms with Crippen molar-refractivity contribution >= 4 is 17.1 Å². The molecular weight excluding hydrogens is 206 g/mol. The number of non-ortho nitro benzene ring substituents is 1. The molecule has 1 aromatic rings. The molecule has 0 aliphatic heterocycles. The van der Waals surface area contributed by atoms with E-state index in [2.05, 4.69) is 24.4 Å². The van der Waals surface area contributed by atoms with Gasteiger partial charge in [0.15, 0.2) is 0 Å². The van der Waals surface area contributed by atoms with Crippen molar-refractivity contribution in [2.45, 2.75) is 20.8 Å². The number of hydrogen-bond acceptors (Lipinski definition) is 4. The molecule has 0 spiro atoms. The van der Waals surface area contributed by atoms with Gasteiger partial charge in [-0.2, -0.15) is 5.10 Å². The summed E-state index contributed by atoms with van der Waals surface area (Å²) in [6.45, 7) is 6.04. The van der Waals surface area contributed by atoms with Crippen molar-refractivity contribution in [3.63, 3.8) is 0 Å². The van der Waals surface area contributed by atoms with Gasteiger partial charge in [-0.15, -0.1) is 0 Å². The lowest BCUT2D eigenvalue weighted by molar-refractivity contribution is -0.384. The Labute approximate surface area is 94.3 Å². The number of nitrogens with zero attached hydrogens (tertiary/aromatic N) is 2. The maximum Gasteiger partial charge on any atom is 0.269 e. The molecule has 0 fully saturated rings. The van der Waals surface area contributed by atoms with Crippen molar-refractivity contribution in [2.75, 3.05) is 5.43 Å². The Hall–Kier alpha value is -1.91. The van der Waals surface area contributed by atoms with Crippen LogP contribution in [-0.2, 0) is 0 Å². The maximum absolute atomic E-state index is 10.4. The standard InChI is InChI=1S/C11H15N3O2/c1-8(2)9(3)12-13-10-4-6-11(7-5-10)14(15)16/h4-8,13H,1-3H3/b12-9+. The molecule has 0 bridgehead atoms. The Morgan fingerprint density at radius 1 is 1.38 bits per heavy atom. The number of benzene rings is 1. The predicted molar refractivity (Wildman–Crippen MR) is 64.7 cm³/mol. The van der Waals surface area contributed by atoms with Crippen molar-refractivity contribution < 1.29 is 4.92 Å². The first-order valence-electron chi connectivity index (χ1n) is 5.05. The normalized spacial score (nSPS) is 11.6. The minimum atomic E-state index is -0.424. The van der Waals surface area contributed by atoms with Gasteiger partial charge in [0.1, 0.15) is 0 Å². The van der Waals surface area contributed by atoms with Gasteiger partial charge in [0.2, 0.25) is 0 Å². The maximum atomic E-state index is 10.4. The summed E-state index contributed by atoms with van der Waals surface area (Å²) in [5, 5.41) is 14.6. The topological polar surface area (TPSA) is 67.5 Å². The molecule has 1 rings (SSSR count). The average molecular weight is 221 g/mol. The second-order valence-electron chi connectivity index (χ2n) is 3.82. The van der Waals surface area contributed by atoms with E-state index in [0.29, 0.717) is 5.92 Å². The Morgan fingerprint density at radius 3 is 2.38 bits per heavy atom. The Kier molecular flexibility index (Phi) is 3.99. The Bertz CT molecular complexity index is 396. The quantitative estimate of drug-likeness (QED) is 0.482. The van der Waals surface area contributed by atoms with Crippen molar-refractivity contribution in [2.24, 2.45) is 11.0 Å². The van der Waals surface area contributed by atoms with E-state index >= 15 is 0 Å². The van der Waals surface area contributed by atoms with Crippen LogP contribution in [0.4, 0.5) is 11.4 Å². The number of hydrogen-bond donors (Lipinski definition) is 1. The van der Waals surface area contributed by atoms with Crippen molar-refractivity contribution in [1.29, 1.82) is 0 Å². The van der Waals surface area contributed by atoms with Gasteiger partial charge in [-0.05, 0) is 25.0 Å².